The number of carbonyl (C=O) groups excluding carboxylic acids is 1. The first-order valence-electron chi connectivity index (χ1n) is 7.93. The lowest BCUT2D eigenvalue weighted by molar-refractivity contribution is -0.141. The molecule has 126 valence electrons. The zero-order valence-corrected chi connectivity index (χ0v) is 13.3. The van der Waals surface area contributed by atoms with E-state index >= 15 is 0 Å². The molecule has 0 radical (unpaired) electrons. The maximum Gasteiger partial charge on any atom is 0.405 e. The molecule has 2 aliphatic rings. The Balaban J connectivity index is 2.13. The SMILES string of the molecule is CCC1(C(=O)NCC(F)(F)F)C2=C(C=CCC=C2)c2ccccc21. The van der Waals surface area contributed by atoms with Crippen LogP contribution in [0.3, 0.4) is 0 Å². The van der Waals surface area contributed by atoms with Crippen LogP contribution in [0.5, 0.6) is 0 Å². The average Bonchev–Trinajstić information content (AvgIpc) is 2.68. The van der Waals surface area contributed by atoms with Crippen LogP contribution in [-0.4, -0.2) is 18.6 Å². The Morgan fingerprint density at radius 3 is 2.62 bits per heavy atom. The van der Waals surface area contributed by atoms with Crippen molar-refractivity contribution in [1.82, 2.24) is 5.32 Å². The Labute approximate surface area is 138 Å². The maximum atomic E-state index is 12.9. The van der Waals surface area contributed by atoms with Gasteiger partial charge in [-0.15, -0.1) is 0 Å². The van der Waals surface area contributed by atoms with Crippen LogP contribution in [0.4, 0.5) is 13.2 Å². The van der Waals surface area contributed by atoms with Crippen LogP contribution in [0.1, 0.15) is 30.9 Å². The van der Waals surface area contributed by atoms with E-state index in [4.69, 9.17) is 0 Å². The quantitative estimate of drug-likeness (QED) is 0.878. The van der Waals surface area contributed by atoms with Crippen LogP contribution in [0.2, 0.25) is 0 Å². The number of hydrogen-bond acceptors (Lipinski definition) is 1. The first kappa shape index (κ1) is 16.6. The van der Waals surface area contributed by atoms with Crippen LogP contribution in [0, 0.1) is 0 Å². The summed E-state index contributed by atoms with van der Waals surface area (Å²) in [5.74, 6) is -0.597. The molecule has 1 N–H and O–H groups in total. The maximum absolute atomic E-state index is 12.9. The number of amides is 1. The molecule has 2 nitrogen and oxygen atoms in total. The third-order valence-corrected chi connectivity index (χ3v) is 4.64. The summed E-state index contributed by atoms with van der Waals surface area (Å²) in [6.45, 7) is 0.514. The van der Waals surface area contributed by atoms with Gasteiger partial charge in [0.25, 0.3) is 0 Å². The van der Waals surface area contributed by atoms with Gasteiger partial charge in [-0.3, -0.25) is 4.79 Å². The Morgan fingerprint density at radius 2 is 1.92 bits per heavy atom. The van der Waals surface area contributed by atoms with Crippen molar-refractivity contribution in [1.29, 1.82) is 0 Å². The number of carbonyl (C=O) groups is 1. The highest BCUT2D eigenvalue weighted by Gasteiger charge is 2.48. The molecule has 1 aromatic carbocycles. The lowest BCUT2D eigenvalue weighted by atomic mass is 9.73. The molecule has 3 rings (SSSR count). The fourth-order valence-corrected chi connectivity index (χ4v) is 3.59. The molecule has 0 bridgehead atoms. The number of rotatable bonds is 3. The summed E-state index contributed by atoms with van der Waals surface area (Å²) in [6, 6.07) is 7.45. The third kappa shape index (κ3) is 2.58. The van der Waals surface area contributed by atoms with Gasteiger partial charge in [-0.2, -0.15) is 13.2 Å². The number of alkyl halides is 3. The van der Waals surface area contributed by atoms with E-state index in [0.29, 0.717) is 6.42 Å². The second kappa shape index (κ2) is 5.96. The molecule has 0 saturated heterocycles. The molecule has 2 aliphatic carbocycles. The molecule has 1 unspecified atom stereocenters. The summed E-state index contributed by atoms with van der Waals surface area (Å²) in [5, 5.41) is 2.09. The molecule has 0 aromatic heterocycles. The van der Waals surface area contributed by atoms with E-state index in [1.165, 1.54) is 0 Å². The zero-order chi connectivity index (χ0) is 17.4. The Bertz CT molecular complexity index is 758. The van der Waals surface area contributed by atoms with E-state index in [2.05, 4.69) is 5.32 Å². The van der Waals surface area contributed by atoms with E-state index in [9.17, 15) is 18.0 Å². The molecule has 1 amide bonds. The second-order valence-electron chi connectivity index (χ2n) is 5.97. The summed E-state index contributed by atoms with van der Waals surface area (Å²) in [6.07, 6.45) is 4.47. The summed E-state index contributed by atoms with van der Waals surface area (Å²) < 4.78 is 37.7. The van der Waals surface area contributed by atoms with Crippen LogP contribution in [0.25, 0.3) is 5.57 Å². The Hall–Kier alpha value is -2.30. The topological polar surface area (TPSA) is 29.1 Å². The molecule has 0 fully saturated rings. The molecule has 0 saturated carbocycles. The molecule has 0 spiro atoms. The monoisotopic (exact) mass is 333 g/mol. The largest absolute Gasteiger partial charge is 0.405 e. The minimum absolute atomic E-state index is 0.394. The molecule has 0 heterocycles. The van der Waals surface area contributed by atoms with Gasteiger partial charge >= 0.3 is 6.18 Å². The van der Waals surface area contributed by atoms with E-state index in [-0.39, 0.29) is 0 Å². The van der Waals surface area contributed by atoms with Crippen LogP contribution < -0.4 is 5.32 Å². The number of nitrogens with one attached hydrogen (secondary N) is 1. The molecule has 1 aromatic rings. The second-order valence-corrected chi connectivity index (χ2v) is 5.97. The first-order chi connectivity index (χ1) is 11.4. The number of benzene rings is 1. The van der Waals surface area contributed by atoms with Crippen LogP contribution in [0.15, 0.2) is 54.1 Å². The van der Waals surface area contributed by atoms with Crippen LogP contribution in [-0.2, 0) is 10.2 Å². The fourth-order valence-electron chi connectivity index (χ4n) is 3.59. The molecule has 0 aliphatic heterocycles. The van der Waals surface area contributed by atoms with Gasteiger partial charge < -0.3 is 5.32 Å². The van der Waals surface area contributed by atoms with Gasteiger partial charge in [0.2, 0.25) is 5.91 Å². The molecular weight excluding hydrogens is 315 g/mol. The number of allylic oxidation sites excluding steroid dienone is 5. The fraction of sp³-hybridized carbons (Fsp3) is 0.316. The van der Waals surface area contributed by atoms with E-state index in [0.717, 1.165) is 28.7 Å². The van der Waals surface area contributed by atoms with Crippen molar-refractivity contribution in [2.75, 3.05) is 6.54 Å². The normalized spacial score (nSPS) is 22.2. The molecular formula is C19H18F3NO. The average molecular weight is 333 g/mol. The van der Waals surface area contributed by atoms with Crippen molar-refractivity contribution in [3.63, 3.8) is 0 Å². The number of hydrogen-bond donors (Lipinski definition) is 1. The van der Waals surface area contributed by atoms with Gasteiger partial charge in [0.1, 0.15) is 6.54 Å². The minimum Gasteiger partial charge on any atom is -0.346 e. The third-order valence-electron chi connectivity index (χ3n) is 4.64. The van der Waals surface area contributed by atoms with E-state index < -0.39 is 24.0 Å². The summed E-state index contributed by atoms with van der Waals surface area (Å²) in [7, 11) is 0. The van der Waals surface area contributed by atoms with Crippen molar-refractivity contribution >= 4 is 11.5 Å². The van der Waals surface area contributed by atoms with Crippen molar-refractivity contribution in [3.8, 4) is 0 Å². The summed E-state index contributed by atoms with van der Waals surface area (Å²) >= 11 is 0. The number of halogens is 3. The van der Waals surface area contributed by atoms with Crippen molar-refractivity contribution in [3.05, 3.63) is 65.3 Å². The van der Waals surface area contributed by atoms with Crippen molar-refractivity contribution < 1.29 is 18.0 Å². The summed E-state index contributed by atoms with van der Waals surface area (Å²) in [5.41, 5.74) is 2.30. The first-order valence-corrected chi connectivity index (χ1v) is 7.93. The highest BCUT2D eigenvalue weighted by atomic mass is 19.4. The van der Waals surface area contributed by atoms with Crippen LogP contribution >= 0.6 is 0 Å². The van der Waals surface area contributed by atoms with Gasteiger partial charge in [-0.05, 0) is 35.1 Å². The Kier molecular flexibility index (Phi) is 4.11. The molecule has 24 heavy (non-hydrogen) atoms. The lowest BCUT2D eigenvalue weighted by Gasteiger charge is -2.30. The molecule has 1 atom stereocenters. The van der Waals surface area contributed by atoms with Gasteiger partial charge in [0, 0.05) is 0 Å². The van der Waals surface area contributed by atoms with Gasteiger partial charge in [0.15, 0.2) is 0 Å². The van der Waals surface area contributed by atoms with Gasteiger partial charge in [0.05, 0.1) is 5.41 Å². The zero-order valence-electron chi connectivity index (χ0n) is 13.3. The standard InChI is InChI=1S/C19H18F3NO/c1-2-18(17(24)23-12-19(20,21)22)15-10-5-3-4-8-13(15)14-9-6-7-11-16(14)18/h4-11H,2-3,12H2,1H3,(H,23,24). The predicted molar refractivity (Wildman–Crippen MR) is 87.3 cm³/mol. The van der Waals surface area contributed by atoms with Gasteiger partial charge in [-0.1, -0.05) is 55.5 Å². The Morgan fingerprint density at radius 1 is 1.21 bits per heavy atom. The smallest absolute Gasteiger partial charge is 0.346 e. The van der Waals surface area contributed by atoms with Gasteiger partial charge in [-0.25, -0.2) is 0 Å². The highest BCUT2D eigenvalue weighted by molar-refractivity contribution is 6.03. The predicted octanol–water partition coefficient (Wildman–Crippen LogP) is 4.30. The number of fused-ring (bicyclic) bond motifs is 2. The van der Waals surface area contributed by atoms with E-state index in [1.807, 2.05) is 55.5 Å². The van der Waals surface area contributed by atoms with Crippen molar-refractivity contribution in [2.45, 2.75) is 31.4 Å². The lowest BCUT2D eigenvalue weighted by Crippen LogP contribution is -2.47. The summed E-state index contributed by atoms with van der Waals surface area (Å²) in [4.78, 5) is 12.9. The van der Waals surface area contributed by atoms with Crippen molar-refractivity contribution in [2.24, 2.45) is 0 Å². The molecule has 5 heteroatoms. The van der Waals surface area contributed by atoms with E-state index in [1.54, 1.807) is 0 Å². The highest BCUT2D eigenvalue weighted by Crippen LogP contribution is 2.50. The minimum atomic E-state index is -4.43.